The van der Waals surface area contributed by atoms with Crippen molar-refractivity contribution in [2.24, 2.45) is 5.92 Å². The minimum Gasteiger partial charge on any atom is -0.342 e. The molecule has 1 aliphatic heterocycles. The molecule has 1 aromatic heterocycles. The van der Waals surface area contributed by atoms with Gasteiger partial charge in [0.05, 0.1) is 0 Å². The normalized spacial score (nSPS) is 23.3. The molecule has 3 rings (SSSR count). The number of likely N-dealkylation sites (tertiary alicyclic amines) is 1. The summed E-state index contributed by atoms with van der Waals surface area (Å²) < 4.78 is 37.6. The van der Waals surface area contributed by atoms with Gasteiger partial charge in [-0.05, 0) is 51.4 Å². The van der Waals surface area contributed by atoms with Gasteiger partial charge < -0.3 is 9.80 Å². The number of amides is 3. The van der Waals surface area contributed by atoms with E-state index in [1.807, 2.05) is 11.8 Å². The van der Waals surface area contributed by atoms with Crippen LogP contribution in [0, 0.1) is 12.8 Å². The molecule has 1 N–H and O–H groups in total. The van der Waals surface area contributed by atoms with E-state index in [-0.39, 0.29) is 31.2 Å². The van der Waals surface area contributed by atoms with Crippen LogP contribution in [0.1, 0.15) is 56.7 Å². The quantitative estimate of drug-likeness (QED) is 0.722. The summed E-state index contributed by atoms with van der Waals surface area (Å²) in [6.45, 7) is 4.61. The second kappa shape index (κ2) is 9.53. The Kier molecular flexibility index (Phi) is 7.26. The average Bonchev–Trinajstić information content (AvgIpc) is 3.07. The van der Waals surface area contributed by atoms with Gasteiger partial charge in [0.15, 0.2) is 5.13 Å². The summed E-state index contributed by atoms with van der Waals surface area (Å²) in [5.41, 5.74) is 0. The molecule has 3 amide bonds. The number of carbonyl (C=O) groups is 2. The first-order valence-electron chi connectivity index (χ1n) is 10.5. The summed E-state index contributed by atoms with van der Waals surface area (Å²) in [5.74, 6) is -0.253. The van der Waals surface area contributed by atoms with Gasteiger partial charge in [-0.15, -0.1) is 11.3 Å². The fourth-order valence-corrected chi connectivity index (χ4v) is 5.05. The summed E-state index contributed by atoms with van der Waals surface area (Å²) in [6.07, 6.45) is 0.687. The predicted molar refractivity (Wildman–Crippen MR) is 109 cm³/mol. The van der Waals surface area contributed by atoms with Crippen LogP contribution in [-0.2, 0) is 4.79 Å². The molecule has 1 aliphatic carbocycles. The van der Waals surface area contributed by atoms with Crippen molar-refractivity contribution in [3.8, 4) is 0 Å². The van der Waals surface area contributed by atoms with Crippen LogP contribution in [0.3, 0.4) is 0 Å². The number of aromatic nitrogens is 1. The van der Waals surface area contributed by atoms with Crippen molar-refractivity contribution < 1.29 is 22.8 Å². The number of nitrogens with one attached hydrogen (secondary N) is 1. The molecule has 10 heteroatoms. The molecule has 2 heterocycles. The van der Waals surface area contributed by atoms with Crippen molar-refractivity contribution in [3.63, 3.8) is 0 Å². The molecule has 6 nitrogen and oxygen atoms in total. The number of piperidine rings is 1. The Hall–Kier alpha value is -1.84. The number of halogens is 3. The number of aryl methyl sites for hydroxylation is 1. The van der Waals surface area contributed by atoms with Crippen LogP contribution in [0.5, 0.6) is 0 Å². The zero-order valence-electron chi connectivity index (χ0n) is 17.4. The molecule has 168 valence electrons. The van der Waals surface area contributed by atoms with E-state index in [1.54, 1.807) is 6.20 Å². The average molecular weight is 447 g/mol. The third-order valence-corrected chi connectivity index (χ3v) is 6.84. The standard InChI is InChI=1S/C20H29F3N4O2S/c1-13-3-5-15(6-4-13)27(19(29)25-18-24-12-14(2)30-18)16-7-9-26(10-8-16)17(28)11-20(21,22)23/h12-13,15-16H,3-11H2,1-2H3,(H,24,25,29)/t13-,15-. The number of rotatable bonds is 4. The lowest BCUT2D eigenvalue weighted by molar-refractivity contribution is -0.162. The predicted octanol–water partition coefficient (Wildman–Crippen LogP) is 4.81. The Morgan fingerprint density at radius 2 is 1.77 bits per heavy atom. The molecule has 0 bridgehead atoms. The third-order valence-electron chi connectivity index (χ3n) is 6.01. The van der Waals surface area contributed by atoms with Crippen molar-refractivity contribution in [1.82, 2.24) is 14.8 Å². The van der Waals surface area contributed by atoms with Crippen LogP contribution < -0.4 is 5.32 Å². The van der Waals surface area contributed by atoms with E-state index in [9.17, 15) is 22.8 Å². The number of hydrogen-bond donors (Lipinski definition) is 1. The molecular formula is C20H29F3N4O2S. The van der Waals surface area contributed by atoms with E-state index in [1.165, 1.54) is 16.2 Å². The highest BCUT2D eigenvalue weighted by Gasteiger charge is 2.38. The third kappa shape index (κ3) is 6.09. The van der Waals surface area contributed by atoms with Crippen LogP contribution in [0.2, 0.25) is 0 Å². The van der Waals surface area contributed by atoms with Gasteiger partial charge in [-0.2, -0.15) is 13.2 Å². The highest BCUT2D eigenvalue weighted by atomic mass is 32.1. The van der Waals surface area contributed by atoms with Gasteiger partial charge in [-0.25, -0.2) is 9.78 Å². The zero-order valence-corrected chi connectivity index (χ0v) is 18.2. The molecule has 1 saturated carbocycles. The molecule has 0 aromatic carbocycles. The van der Waals surface area contributed by atoms with Gasteiger partial charge in [0.2, 0.25) is 5.91 Å². The summed E-state index contributed by atoms with van der Waals surface area (Å²) >= 11 is 1.41. The van der Waals surface area contributed by atoms with Gasteiger partial charge in [0.25, 0.3) is 0 Å². The van der Waals surface area contributed by atoms with Gasteiger partial charge in [-0.3, -0.25) is 10.1 Å². The Morgan fingerprint density at radius 1 is 1.17 bits per heavy atom. The number of anilines is 1. The summed E-state index contributed by atoms with van der Waals surface area (Å²) in [4.78, 5) is 33.4. The first-order valence-corrected chi connectivity index (χ1v) is 11.3. The monoisotopic (exact) mass is 446 g/mol. The molecule has 0 atom stereocenters. The molecule has 0 radical (unpaired) electrons. The molecule has 0 unspecified atom stereocenters. The highest BCUT2D eigenvalue weighted by molar-refractivity contribution is 7.15. The molecule has 1 saturated heterocycles. The smallest absolute Gasteiger partial charge is 0.342 e. The Balaban J connectivity index is 1.66. The number of urea groups is 1. The number of thiazole rings is 1. The number of nitrogens with zero attached hydrogens (tertiary/aromatic N) is 3. The summed E-state index contributed by atoms with van der Waals surface area (Å²) in [7, 11) is 0. The van der Waals surface area contributed by atoms with Crippen LogP contribution >= 0.6 is 11.3 Å². The van der Waals surface area contributed by atoms with Crippen molar-refractivity contribution in [1.29, 1.82) is 0 Å². The summed E-state index contributed by atoms with van der Waals surface area (Å²) in [6, 6.07) is -0.201. The molecular weight excluding hydrogens is 417 g/mol. The topological polar surface area (TPSA) is 65.5 Å². The van der Waals surface area contributed by atoms with Crippen molar-refractivity contribution >= 4 is 28.4 Å². The lowest BCUT2D eigenvalue weighted by Gasteiger charge is -2.44. The van der Waals surface area contributed by atoms with E-state index in [0.29, 0.717) is 23.9 Å². The second-order valence-electron chi connectivity index (χ2n) is 8.43. The fourth-order valence-electron chi connectivity index (χ4n) is 4.40. The Bertz CT molecular complexity index is 739. The molecule has 30 heavy (non-hydrogen) atoms. The lowest BCUT2D eigenvalue weighted by Crippen LogP contribution is -2.54. The van der Waals surface area contributed by atoms with Crippen molar-refractivity contribution in [2.45, 2.75) is 77.1 Å². The highest BCUT2D eigenvalue weighted by Crippen LogP contribution is 2.32. The van der Waals surface area contributed by atoms with Gasteiger partial charge in [-0.1, -0.05) is 6.92 Å². The maximum atomic E-state index is 13.2. The van der Waals surface area contributed by atoms with Crippen LogP contribution in [-0.4, -0.2) is 58.1 Å². The zero-order chi connectivity index (χ0) is 21.9. The first kappa shape index (κ1) is 22.8. The van der Waals surface area contributed by atoms with E-state index in [0.717, 1.165) is 30.6 Å². The van der Waals surface area contributed by atoms with Crippen LogP contribution in [0.25, 0.3) is 0 Å². The van der Waals surface area contributed by atoms with Gasteiger partial charge in [0.1, 0.15) is 6.42 Å². The molecule has 1 aromatic rings. The second-order valence-corrected chi connectivity index (χ2v) is 9.67. The SMILES string of the molecule is Cc1cnc(NC(=O)N(C2CCN(C(=O)CC(F)(F)F)CC2)[C@H]2CC[C@H](C)CC2)s1. The molecule has 2 aliphatic rings. The number of carbonyl (C=O) groups excluding carboxylic acids is 2. The molecule has 0 spiro atoms. The Morgan fingerprint density at radius 3 is 2.30 bits per heavy atom. The van der Waals surface area contributed by atoms with Crippen molar-refractivity contribution in [3.05, 3.63) is 11.1 Å². The largest absolute Gasteiger partial charge is 0.397 e. The number of alkyl halides is 3. The van der Waals surface area contributed by atoms with Crippen LogP contribution in [0.4, 0.5) is 23.1 Å². The van der Waals surface area contributed by atoms with Crippen molar-refractivity contribution in [2.75, 3.05) is 18.4 Å². The lowest BCUT2D eigenvalue weighted by atomic mass is 9.85. The first-order chi connectivity index (χ1) is 14.1. The fraction of sp³-hybridized carbons (Fsp3) is 0.750. The van der Waals surface area contributed by atoms with E-state index in [4.69, 9.17) is 0 Å². The minimum atomic E-state index is -4.50. The summed E-state index contributed by atoms with van der Waals surface area (Å²) in [5, 5.41) is 3.44. The van der Waals surface area contributed by atoms with Gasteiger partial charge >= 0.3 is 12.2 Å². The van der Waals surface area contributed by atoms with E-state index >= 15 is 0 Å². The van der Waals surface area contributed by atoms with E-state index in [2.05, 4.69) is 17.2 Å². The van der Waals surface area contributed by atoms with Gasteiger partial charge in [0, 0.05) is 36.2 Å². The van der Waals surface area contributed by atoms with E-state index < -0.39 is 18.5 Å². The van der Waals surface area contributed by atoms with Crippen LogP contribution in [0.15, 0.2) is 6.20 Å². The number of hydrogen-bond acceptors (Lipinski definition) is 4. The maximum Gasteiger partial charge on any atom is 0.397 e. The molecule has 2 fully saturated rings. The maximum absolute atomic E-state index is 13.2. The minimum absolute atomic E-state index is 0.0978. The Labute approximate surface area is 178 Å².